The largest absolute Gasteiger partial charge is 0.389 e. The number of nitrogens with zero attached hydrogens (tertiary/aromatic N) is 1. The second-order valence-electron chi connectivity index (χ2n) is 4.82. The van der Waals surface area contributed by atoms with Crippen molar-refractivity contribution in [3.63, 3.8) is 0 Å². The summed E-state index contributed by atoms with van der Waals surface area (Å²) in [4.78, 5) is 2.10. The van der Waals surface area contributed by atoms with Crippen molar-refractivity contribution in [2.24, 2.45) is 0 Å². The third-order valence-corrected chi connectivity index (χ3v) is 2.18. The lowest BCUT2D eigenvalue weighted by Gasteiger charge is -2.24. The van der Waals surface area contributed by atoms with Gasteiger partial charge in [0.15, 0.2) is 0 Å². The van der Waals surface area contributed by atoms with Crippen LogP contribution in [-0.4, -0.2) is 35.7 Å². The van der Waals surface area contributed by atoms with Crippen LogP contribution in [-0.2, 0) is 0 Å². The van der Waals surface area contributed by atoms with Crippen LogP contribution in [0.4, 0.5) is 0 Å². The van der Waals surface area contributed by atoms with Crippen LogP contribution in [0.5, 0.6) is 0 Å². The van der Waals surface area contributed by atoms with E-state index in [9.17, 15) is 5.11 Å². The summed E-state index contributed by atoms with van der Waals surface area (Å²) in [6.07, 6.45) is 4.21. The van der Waals surface area contributed by atoms with Crippen LogP contribution in [0.15, 0.2) is 36.4 Å². The number of hydrogen-bond acceptors (Lipinski definition) is 2. The normalized spacial score (nSPS) is 12.6. The monoisotopic (exact) mass is 219 g/mol. The zero-order valence-electron chi connectivity index (χ0n) is 10.4. The number of rotatable bonds is 5. The molecule has 1 aromatic rings. The highest BCUT2D eigenvalue weighted by Crippen LogP contribution is 2.04. The molecule has 0 saturated carbocycles. The molecule has 0 fully saturated rings. The van der Waals surface area contributed by atoms with E-state index in [1.807, 2.05) is 39.1 Å². The van der Waals surface area contributed by atoms with Gasteiger partial charge < -0.3 is 5.11 Å². The zero-order chi connectivity index (χ0) is 12.0. The number of aliphatic hydroxyl groups is 1. The lowest BCUT2D eigenvalue weighted by molar-refractivity contribution is 0.0480. The average Bonchev–Trinajstić information content (AvgIpc) is 2.16. The summed E-state index contributed by atoms with van der Waals surface area (Å²) in [5.41, 5.74) is 0.578. The van der Waals surface area contributed by atoms with E-state index in [1.54, 1.807) is 0 Å². The molecule has 16 heavy (non-hydrogen) atoms. The minimum Gasteiger partial charge on any atom is -0.389 e. The predicted molar refractivity (Wildman–Crippen MR) is 69.3 cm³/mol. The molecule has 88 valence electrons. The van der Waals surface area contributed by atoms with Gasteiger partial charge in [-0.05, 0) is 26.5 Å². The van der Waals surface area contributed by atoms with Crippen molar-refractivity contribution in [3.05, 3.63) is 42.0 Å². The molecule has 0 unspecified atom stereocenters. The quantitative estimate of drug-likeness (QED) is 0.822. The van der Waals surface area contributed by atoms with E-state index in [4.69, 9.17) is 0 Å². The molecule has 1 aromatic carbocycles. The first kappa shape index (κ1) is 12.9. The smallest absolute Gasteiger partial charge is 0.0718 e. The Hall–Kier alpha value is -1.12. The van der Waals surface area contributed by atoms with E-state index < -0.39 is 5.60 Å². The zero-order valence-corrected chi connectivity index (χ0v) is 10.4. The van der Waals surface area contributed by atoms with Crippen molar-refractivity contribution in [1.82, 2.24) is 4.90 Å². The summed E-state index contributed by atoms with van der Waals surface area (Å²) in [7, 11) is 2.01. The maximum atomic E-state index is 9.64. The minimum absolute atomic E-state index is 0.630. The maximum Gasteiger partial charge on any atom is 0.0718 e. The Morgan fingerprint density at radius 2 is 1.88 bits per heavy atom. The summed E-state index contributed by atoms with van der Waals surface area (Å²) < 4.78 is 0. The molecule has 0 aliphatic carbocycles. The van der Waals surface area contributed by atoms with Gasteiger partial charge >= 0.3 is 0 Å². The van der Waals surface area contributed by atoms with Gasteiger partial charge in [0.25, 0.3) is 0 Å². The lowest BCUT2D eigenvalue weighted by atomic mass is 10.1. The van der Waals surface area contributed by atoms with Crippen molar-refractivity contribution in [2.45, 2.75) is 19.4 Å². The first-order valence-electron chi connectivity index (χ1n) is 5.60. The number of hydrogen-bond donors (Lipinski definition) is 1. The first-order valence-corrected chi connectivity index (χ1v) is 5.60. The molecule has 0 amide bonds. The van der Waals surface area contributed by atoms with Crippen LogP contribution in [0.25, 0.3) is 6.08 Å². The van der Waals surface area contributed by atoms with Crippen molar-refractivity contribution in [2.75, 3.05) is 20.1 Å². The van der Waals surface area contributed by atoms with Crippen molar-refractivity contribution in [3.8, 4) is 0 Å². The lowest BCUT2D eigenvalue weighted by Crippen LogP contribution is -2.36. The fourth-order valence-electron chi connectivity index (χ4n) is 1.66. The number of benzene rings is 1. The molecule has 0 spiro atoms. The summed E-state index contributed by atoms with van der Waals surface area (Å²) in [6, 6.07) is 10.2. The van der Waals surface area contributed by atoms with Crippen LogP contribution >= 0.6 is 0 Å². The predicted octanol–water partition coefficient (Wildman–Crippen LogP) is 2.40. The maximum absolute atomic E-state index is 9.64. The highest BCUT2D eigenvalue weighted by molar-refractivity contribution is 5.48. The summed E-state index contributed by atoms with van der Waals surface area (Å²) in [6.45, 7) is 5.17. The molecule has 1 N–H and O–H groups in total. The molecule has 1 rings (SSSR count). The molecule has 0 heterocycles. The summed E-state index contributed by atoms with van der Waals surface area (Å²) >= 11 is 0. The average molecular weight is 219 g/mol. The Kier molecular flexibility index (Phi) is 4.71. The molecule has 0 aliphatic rings. The molecule has 0 aliphatic heterocycles. The molecule has 0 bridgehead atoms. The van der Waals surface area contributed by atoms with Gasteiger partial charge in [-0.2, -0.15) is 0 Å². The van der Waals surface area contributed by atoms with Crippen LogP contribution in [0.3, 0.4) is 0 Å². The van der Waals surface area contributed by atoms with E-state index in [1.165, 1.54) is 5.56 Å². The molecule has 0 radical (unpaired) electrons. The Bertz CT molecular complexity index is 324. The molecular weight excluding hydrogens is 198 g/mol. The Morgan fingerprint density at radius 3 is 2.44 bits per heavy atom. The third-order valence-electron chi connectivity index (χ3n) is 2.18. The van der Waals surface area contributed by atoms with Crippen molar-refractivity contribution < 1.29 is 5.11 Å². The van der Waals surface area contributed by atoms with Crippen LogP contribution in [0.2, 0.25) is 0 Å². The van der Waals surface area contributed by atoms with Gasteiger partial charge in [0.2, 0.25) is 0 Å². The Morgan fingerprint density at radius 1 is 1.25 bits per heavy atom. The molecule has 0 atom stereocenters. The summed E-state index contributed by atoms with van der Waals surface area (Å²) in [5.74, 6) is 0. The van der Waals surface area contributed by atoms with Crippen LogP contribution in [0, 0.1) is 0 Å². The van der Waals surface area contributed by atoms with Crippen LogP contribution in [0.1, 0.15) is 19.4 Å². The van der Waals surface area contributed by atoms with Gasteiger partial charge in [0, 0.05) is 13.1 Å². The topological polar surface area (TPSA) is 23.5 Å². The molecule has 2 heteroatoms. The van der Waals surface area contributed by atoms with Crippen LogP contribution < -0.4 is 0 Å². The van der Waals surface area contributed by atoms with Gasteiger partial charge in [-0.3, -0.25) is 4.90 Å². The fraction of sp³-hybridized carbons (Fsp3) is 0.429. The molecule has 0 saturated heterocycles. The Balaban J connectivity index is 2.37. The van der Waals surface area contributed by atoms with E-state index in [0.29, 0.717) is 6.54 Å². The summed E-state index contributed by atoms with van der Waals surface area (Å²) in [5, 5.41) is 9.64. The molecular formula is C14H21NO. The van der Waals surface area contributed by atoms with E-state index >= 15 is 0 Å². The van der Waals surface area contributed by atoms with Crippen molar-refractivity contribution in [1.29, 1.82) is 0 Å². The Labute approximate surface area is 98.2 Å². The van der Waals surface area contributed by atoms with Crippen molar-refractivity contribution >= 4 is 6.08 Å². The highest BCUT2D eigenvalue weighted by atomic mass is 16.3. The second kappa shape index (κ2) is 5.83. The van der Waals surface area contributed by atoms with E-state index in [-0.39, 0.29) is 0 Å². The highest BCUT2D eigenvalue weighted by Gasteiger charge is 2.14. The second-order valence-corrected chi connectivity index (χ2v) is 4.82. The van der Waals surface area contributed by atoms with Gasteiger partial charge in [0.1, 0.15) is 0 Å². The third kappa shape index (κ3) is 5.69. The van der Waals surface area contributed by atoms with Gasteiger partial charge in [-0.15, -0.1) is 0 Å². The van der Waals surface area contributed by atoms with E-state index in [0.717, 1.165) is 6.54 Å². The molecule has 2 nitrogen and oxygen atoms in total. The van der Waals surface area contributed by atoms with Gasteiger partial charge in [0.05, 0.1) is 5.60 Å². The number of likely N-dealkylation sites (N-methyl/N-ethyl adjacent to an activating group) is 1. The fourth-order valence-corrected chi connectivity index (χ4v) is 1.66. The minimum atomic E-state index is -0.630. The SMILES string of the molecule is CN(CC=Cc1ccccc1)CC(C)(C)O. The van der Waals surface area contributed by atoms with Gasteiger partial charge in [-0.25, -0.2) is 0 Å². The van der Waals surface area contributed by atoms with E-state index in [2.05, 4.69) is 29.2 Å². The standard InChI is InChI=1S/C14H21NO/c1-14(2,16)12-15(3)11-7-10-13-8-5-4-6-9-13/h4-10,16H,11-12H2,1-3H3. The molecule has 0 aromatic heterocycles. The first-order chi connectivity index (χ1) is 7.47. The van der Waals surface area contributed by atoms with Gasteiger partial charge in [-0.1, -0.05) is 42.5 Å².